The summed E-state index contributed by atoms with van der Waals surface area (Å²) in [6, 6.07) is 5.74. The first kappa shape index (κ1) is 16.0. The van der Waals surface area contributed by atoms with Gasteiger partial charge in [-0.15, -0.1) is 0 Å². The van der Waals surface area contributed by atoms with Gasteiger partial charge in [0.1, 0.15) is 0 Å². The summed E-state index contributed by atoms with van der Waals surface area (Å²) in [6.45, 7) is 4.75. The molecule has 1 unspecified atom stereocenters. The molecule has 0 heterocycles. The highest BCUT2D eigenvalue weighted by Crippen LogP contribution is 2.29. The minimum Gasteiger partial charge on any atom is -0.389 e. The molecule has 0 radical (unpaired) electrons. The van der Waals surface area contributed by atoms with Crippen LogP contribution in [-0.4, -0.2) is 43.1 Å². The van der Waals surface area contributed by atoms with Gasteiger partial charge in [-0.1, -0.05) is 15.9 Å². The molecule has 0 aliphatic rings. The molecule has 1 aromatic carbocycles. The van der Waals surface area contributed by atoms with E-state index in [4.69, 9.17) is 0 Å². The average molecular weight is 329 g/mol. The largest absolute Gasteiger partial charge is 0.389 e. The van der Waals surface area contributed by atoms with E-state index in [9.17, 15) is 9.90 Å². The molecule has 19 heavy (non-hydrogen) atoms. The standard InChI is InChI=1S/C14H21BrN2O2/c1-5-17(9-14(19)16(3)4)13-7-6-11(15)8-12(13)10(2)18/h6-8,10,18H,5,9H2,1-4H3. The predicted molar refractivity (Wildman–Crippen MR) is 81.4 cm³/mol. The van der Waals surface area contributed by atoms with E-state index < -0.39 is 6.10 Å². The molecule has 1 amide bonds. The van der Waals surface area contributed by atoms with Gasteiger partial charge in [-0.05, 0) is 32.0 Å². The van der Waals surface area contributed by atoms with Crippen molar-refractivity contribution in [3.8, 4) is 0 Å². The number of carbonyl (C=O) groups is 1. The monoisotopic (exact) mass is 328 g/mol. The molecular weight excluding hydrogens is 308 g/mol. The zero-order valence-corrected chi connectivity index (χ0v) is 13.4. The molecule has 4 nitrogen and oxygen atoms in total. The van der Waals surface area contributed by atoms with Crippen LogP contribution >= 0.6 is 15.9 Å². The lowest BCUT2D eigenvalue weighted by atomic mass is 10.1. The fourth-order valence-electron chi connectivity index (χ4n) is 1.82. The summed E-state index contributed by atoms with van der Waals surface area (Å²) in [5, 5.41) is 9.87. The van der Waals surface area contributed by atoms with Gasteiger partial charge in [0, 0.05) is 36.4 Å². The smallest absolute Gasteiger partial charge is 0.241 e. The second-order valence-corrected chi connectivity index (χ2v) is 5.60. The molecule has 0 saturated heterocycles. The molecule has 0 aromatic heterocycles. The molecule has 1 aromatic rings. The van der Waals surface area contributed by atoms with E-state index in [1.807, 2.05) is 30.0 Å². The van der Waals surface area contributed by atoms with Gasteiger partial charge in [0.05, 0.1) is 12.6 Å². The predicted octanol–water partition coefficient (Wildman–Crippen LogP) is 2.42. The minimum absolute atomic E-state index is 0.0429. The summed E-state index contributed by atoms with van der Waals surface area (Å²) in [5.41, 5.74) is 1.72. The topological polar surface area (TPSA) is 43.8 Å². The minimum atomic E-state index is -0.573. The molecule has 0 saturated carbocycles. The highest BCUT2D eigenvalue weighted by Gasteiger charge is 2.17. The van der Waals surface area contributed by atoms with Crippen molar-refractivity contribution in [3.63, 3.8) is 0 Å². The first-order chi connectivity index (χ1) is 8.86. The van der Waals surface area contributed by atoms with Crippen LogP contribution in [0.1, 0.15) is 25.5 Å². The van der Waals surface area contributed by atoms with Gasteiger partial charge in [-0.2, -0.15) is 0 Å². The number of aliphatic hydroxyl groups excluding tert-OH is 1. The van der Waals surface area contributed by atoms with Crippen molar-refractivity contribution in [1.82, 2.24) is 4.90 Å². The van der Waals surface area contributed by atoms with Crippen LogP contribution in [0, 0.1) is 0 Å². The number of likely N-dealkylation sites (N-methyl/N-ethyl adjacent to an activating group) is 2. The van der Waals surface area contributed by atoms with Gasteiger partial charge in [0.15, 0.2) is 0 Å². The SMILES string of the molecule is CCN(CC(=O)N(C)C)c1ccc(Br)cc1C(C)O. The number of anilines is 1. The third-order valence-corrected chi connectivity index (χ3v) is 3.48. The molecule has 0 aliphatic heterocycles. The second-order valence-electron chi connectivity index (χ2n) is 4.68. The van der Waals surface area contributed by atoms with Gasteiger partial charge < -0.3 is 14.9 Å². The summed E-state index contributed by atoms with van der Waals surface area (Å²) in [6.07, 6.45) is -0.573. The Morgan fingerprint density at radius 1 is 1.42 bits per heavy atom. The molecule has 0 spiro atoms. The maximum absolute atomic E-state index is 11.8. The first-order valence-electron chi connectivity index (χ1n) is 6.29. The lowest BCUT2D eigenvalue weighted by molar-refractivity contribution is -0.127. The van der Waals surface area contributed by atoms with Gasteiger partial charge in [0.25, 0.3) is 0 Å². The number of halogens is 1. The number of aliphatic hydroxyl groups is 1. The molecule has 0 aliphatic carbocycles. The number of carbonyl (C=O) groups excluding carboxylic acids is 1. The van der Waals surface area contributed by atoms with Crippen molar-refractivity contribution in [3.05, 3.63) is 28.2 Å². The van der Waals surface area contributed by atoms with Gasteiger partial charge in [0.2, 0.25) is 5.91 Å². The lowest BCUT2D eigenvalue weighted by Crippen LogP contribution is -2.37. The molecule has 106 valence electrons. The third-order valence-electron chi connectivity index (χ3n) is 2.99. The molecule has 0 bridgehead atoms. The van der Waals surface area contributed by atoms with Crippen LogP contribution in [0.25, 0.3) is 0 Å². The Balaban J connectivity index is 3.07. The fourth-order valence-corrected chi connectivity index (χ4v) is 2.20. The first-order valence-corrected chi connectivity index (χ1v) is 7.08. The van der Waals surface area contributed by atoms with Gasteiger partial charge >= 0.3 is 0 Å². The van der Waals surface area contributed by atoms with Crippen LogP contribution in [-0.2, 0) is 4.79 Å². The Bertz CT molecular complexity index is 447. The van der Waals surface area contributed by atoms with E-state index in [2.05, 4.69) is 15.9 Å². The summed E-state index contributed by atoms with van der Waals surface area (Å²) in [7, 11) is 3.49. The zero-order valence-electron chi connectivity index (χ0n) is 11.9. The quantitative estimate of drug-likeness (QED) is 0.902. The highest BCUT2D eigenvalue weighted by molar-refractivity contribution is 9.10. The van der Waals surface area contributed by atoms with E-state index in [-0.39, 0.29) is 5.91 Å². The number of benzene rings is 1. The van der Waals surface area contributed by atoms with Crippen molar-refractivity contribution in [2.24, 2.45) is 0 Å². The lowest BCUT2D eigenvalue weighted by Gasteiger charge is -2.27. The van der Waals surface area contributed by atoms with Crippen molar-refractivity contribution < 1.29 is 9.90 Å². The summed E-state index contributed by atoms with van der Waals surface area (Å²) < 4.78 is 0.919. The van der Waals surface area contributed by atoms with Crippen LogP contribution in [0.3, 0.4) is 0 Å². The van der Waals surface area contributed by atoms with E-state index in [0.29, 0.717) is 13.1 Å². The molecule has 1 rings (SSSR count). The fraction of sp³-hybridized carbons (Fsp3) is 0.500. The number of rotatable bonds is 5. The van der Waals surface area contributed by atoms with Crippen molar-refractivity contribution >= 4 is 27.5 Å². The van der Waals surface area contributed by atoms with Gasteiger partial charge in [-0.3, -0.25) is 4.79 Å². The molecule has 1 N–H and O–H groups in total. The molecule has 1 atom stereocenters. The summed E-state index contributed by atoms with van der Waals surface area (Å²) >= 11 is 3.40. The van der Waals surface area contributed by atoms with Crippen LogP contribution in [0.5, 0.6) is 0 Å². The molecule has 0 fully saturated rings. The Hall–Kier alpha value is -1.07. The van der Waals surface area contributed by atoms with Crippen LogP contribution in [0.4, 0.5) is 5.69 Å². The Morgan fingerprint density at radius 3 is 2.53 bits per heavy atom. The Morgan fingerprint density at radius 2 is 2.05 bits per heavy atom. The summed E-state index contributed by atoms with van der Waals surface area (Å²) in [5.74, 6) is 0.0429. The number of hydrogen-bond donors (Lipinski definition) is 1. The second kappa shape index (κ2) is 6.91. The van der Waals surface area contributed by atoms with Crippen molar-refractivity contribution in [2.75, 3.05) is 32.1 Å². The third kappa shape index (κ3) is 4.21. The van der Waals surface area contributed by atoms with E-state index >= 15 is 0 Å². The Labute approximate surface area is 123 Å². The highest BCUT2D eigenvalue weighted by atomic mass is 79.9. The van der Waals surface area contributed by atoms with Crippen LogP contribution in [0.15, 0.2) is 22.7 Å². The van der Waals surface area contributed by atoms with E-state index in [1.54, 1.807) is 25.9 Å². The summed E-state index contributed by atoms with van der Waals surface area (Å²) in [4.78, 5) is 15.4. The number of amides is 1. The number of hydrogen-bond acceptors (Lipinski definition) is 3. The van der Waals surface area contributed by atoms with Crippen molar-refractivity contribution in [2.45, 2.75) is 20.0 Å². The van der Waals surface area contributed by atoms with E-state index in [0.717, 1.165) is 15.7 Å². The van der Waals surface area contributed by atoms with Crippen molar-refractivity contribution in [1.29, 1.82) is 0 Å². The average Bonchev–Trinajstić information content (AvgIpc) is 2.35. The number of nitrogens with zero attached hydrogens (tertiary/aromatic N) is 2. The zero-order chi connectivity index (χ0) is 14.6. The molecule has 5 heteroatoms. The van der Waals surface area contributed by atoms with E-state index in [1.165, 1.54) is 0 Å². The normalized spacial score (nSPS) is 12.1. The van der Waals surface area contributed by atoms with Gasteiger partial charge in [-0.25, -0.2) is 0 Å². The van der Waals surface area contributed by atoms with Crippen LogP contribution < -0.4 is 4.90 Å². The maximum atomic E-state index is 11.8. The maximum Gasteiger partial charge on any atom is 0.241 e. The Kier molecular flexibility index (Phi) is 5.82. The van der Waals surface area contributed by atoms with Crippen LogP contribution in [0.2, 0.25) is 0 Å². The molecular formula is C14H21BrN2O2.